The Kier molecular flexibility index (Phi) is 7.31. The van der Waals surface area contributed by atoms with E-state index in [4.69, 9.17) is 4.42 Å². The minimum absolute atomic E-state index is 0.0118. The van der Waals surface area contributed by atoms with Gasteiger partial charge in [-0.2, -0.15) is 8.75 Å². The number of aromatic hydroxyl groups is 1. The summed E-state index contributed by atoms with van der Waals surface area (Å²) in [6.45, 7) is 1.94. The van der Waals surface area contributed by atoms with Crippen molar-refractivity contribution in [2.45, 2.75) is 62.7 Å². The Morgan fingerprint density at radius 3 is 2.68 bits per heavy atom. The van der Waals surface area contributed by atoms with Crippen LogP contribution in [0.2, 0.25) is 0 Å². The number of rotatable bonds is 7. The Balaban J connectivity index is 1.55. The maximum Gasteiger partial charge on any atom is 0.343 e. The van der Waals surface area contributed by atoms with E-state index in [0.29, 0.717) is 30.3 Å². The summed E-state index contributed by atoms with van der Waals surface area (Å²) < 4.78 is 42.9. The van der Waals surface area contributed by atoms with Gasteiger partial charge in [0.1, 0.15) is 27.4 Å². The highest BCUT2D eigenvalue weighted by atomic mass is 32.2. The van der Waals surface area contributed by atoms with Crippen LogP contribution in [0, 0.1) is 0 Å². The molecule has 0 saturated carbocycles. The van der Waals surface area contributed by atoms with Gasteiger partial charge in [-0.25, -0.2) is 13.2 Å². The average molecular weight is 554 g/mol. The number of benzene rings is 2. The lowest BCUT2D eigenvalue weighted by Gasteiger charge is -2.21. The Bertz CT molecular complexity index is 1680. The zero-order chi connectivity index (χ0) is 26.9. The molecule has 1 unspecified atom stereocenters. The maximum atomic E-state index is 13.2. The first-order valence-electron chi connectivity index (χ1n) is 12.6. The van der Waals surface area contributed by atoms with Crippen LogP contribution in [0.25, 0.3) is 11.0 Å². The summed E-state index contributed by atoms with van der Waals surface area (Å²) >= 11 is 0.935. The molecule has 0 saturated heterocycles. The molecule has 4 aromatic rings. The summed E-state index contributed by atoms with van der Waals surface area (Å²) in [4.78, 5) is 26.0. The lowest BCUT2D eigenvalue weighted by Crippen LogP contribution is -2.20. The van der Waals surface area contributed by atoms with Crippen molar-refractivity contribution >= 4 is 44.3 Å². The third-order valence-electron chi connectivity index (χ3n) is 6.80. The summed E-state index contributed by atoms with van der Waals surface area (Å²) in [5.74, 6) is -0.918. The molecule has 0 radical (unpaired) electrons. The number of aromatic nitrogens is 2. The molecule has 38 heavy (non-hydrogen) atoms. The second kappa shape index (κ2) is 10.7. The molecule has 5 rings (SSSR count). The monoisotopic (exact) mass is 553 g/mol. The van der Waals surface area contributed by atoms with Crippen molar-refractivity contribution < 1.29 is 22.7 Å². The Labute approximate surface area is 223 Å². The molecule has 1 aliphatic rings. The van der Waals surface area contributed by atoms with E-state index in [1.165, 1.54) is 6.07 Å². The predicted octanol–water partition coefficient (Wildman–Crippen LogP) is 5.38. The van der Waals surface area contributed by atoms with Gasteiger partial charge in [0.25, 0.3) is 10.0 Å². The van der Waals surface area contributed by atoms with Crippen molar-refractivity contribution in [3.8, 4) is 5.75 Å². The summed E-state index contributed by atoms with van der Waals surface area (Å²) in [5.41, 5.74) is 1.13. The van der Waals surface area contributed by atoms with Crippen LogP contribution in [-0.4, -0.2) is 28.1 Å². The van der Waals surface area contributed by atoms with Crippen LogP contribution in [-0.2, 0) is 16.4 Å². The van der Waals surface area contributed by atoms with Crippen LogP contribution in [0.15, 0.2) is 56.6 Å². The third-order valence-corrected chi connectivity index (χ3v) is 8.75. The lowest BCUT2D eigenvalue weighted by molar-refractivity contribution is 0.0968. The van der Waals surface area contributed by atoms with Gasteiger partial charge >= 0.3 is 5.63 Å². The van der Waals surface area contributed by atoms with E-state index in [1.807, 2.05) is 6.92 Å². The fourth-order valence-corrected chi connectivity index (χ4v) is 6.84. The summed E-state index contributed by atoms with van der Waals surface area (Å²) in [7, 11) is -3.99. The van der Waals surface area contributed by atoms with Gasteiger partial charge in [0.2, 0.25) is 0 Å². The van der Waals surface area contributed by atoms with Crippen molar-refractivity contribution in [3.05, 3.63) is 75.3 Å². The zero-order valence-corrected chi connectivity index (χ0v) is 22.4. The number of fused-ring (bicyclic) bond motifs is 2. The number of aryl methyl sites for hydroxylation is 1. The summed E-state index contributed by atoms with van der Waals surface area (Å²) in [5, 5.41) is 11.2. The number of hydrogen-bond donors (Lipinski definition) is 2. The number of carbonyl (C=O) groups is 1. The topological polar surface area (TPSA) is 139 Å². The molecule has 198 valence electrons. The smallest absolute Gasteiger partial charge is 0.343 e. The average Bonchev–Trinajstić information content (AvgIpc) is 3.35. The minimum atomic E-state index is -3.99. The van der Waals surface area contributed by atoms with Crippen molar-refractivity contribution in [1.29, 1.82) is 0 Å². The van der Waals surface area contributed by atoms with Gasteiger partial charge in [0, 0.05) is 24.4 Å². The van der Waals surface area contributed by atoms with Crippen molar-refractivity contribution in [1.82, 2.24) is 8.75 Å². The molecular formula is C27H27N3O6S2. The van der Waals surface area contributed by atoms with Crippen molar-refractivity contribution in [2.24, 2.45) is 0 Å². The van der Waals surface area contributed by atoms with E-state index >= 15 is 0 Å². The van der Waals surface area contributed by atoms with Crippen LogP contribution in [0.1, 0.15) is 78.6 Å². The molecule has 2 N–H and O–H groups in total. The molecule has 0 aliphatic heterocycles. The molecule has 2 aromatic carbocycles. The van der Waals surface area contributed by atoms with Crippen LogP contribution in [0.5, 0.6) is 5.75 Å². The van der Waals surface area contributed by atoms with E-state index in [2.05, 4.69) is 13.5 Å². The van der Waals surface area contributed by atoms with E-state index in [-0.39, 0.29) is 50.9 Å². The van der Waals surface area contributed by atoms with Gasteiger partial charge in [-0.3, -0.25) is 9.52 Å². The number of Topliss-reactive ketones (excluding diaryl/α,β-unsaturated/α-hetero) is 1. The fourth-order valence-electron chi connectivity index (χ4n) is 5.02. The number of ketones is 1. The highest BCUT2D eigenvalue weighted by molar-refractivity contribution is 7.93. The van der Waals surface area contributed by atoms with E-state index < -0.39 is 21.6 Å². The van der Waals surface area contributed by atoms with Gasteiger partial charge < -0.3 is 9.52 Å². The highest BCUT2D eigenvalue weighted by Gasteiger charge is 2.30. The molecular weight excluding hydrogens is 526 g/mol. The second-order valence-electron chi connectivity index (χ2n) is 9.39. The Morgan fingerprint density at radius 1 is 1.08 bits per heavy atom. The molecule has 0 fully saturated rings. The van der Waals surface area contributed by atoms with Gasteiger partial charge in [0.15, 0.2) is 5.78 Å². The largest absolute Gasteiger partial charge is 0.506 e. The van der Waals surface area contributed by atoms with Crippen LogP contribution < -0.4 is 10.3 Å². The van der Waals surface area contributed by atoms with Crippen LogP contribution >= 0.6 is 11.7 Å². The molecule has 1 atom stereocenters. The van der Waals surface area contributed by atoms with E-state index in [1.54, 1.807) is 36.4 Å². The predicted molar refractivity (Wildman–Crippen MR) is 145 cm³/mol. The molecule has 1 aliphatic carbocycles. The molecule has 11 heteroatoms. The van der Waals surface area contributed by atoms with E-state index in [9.17, 15) is 23.1 Å². The Hall–Kier alpha value is -3.57. The Morgan fingerprint density at radius 2 is 1.87 bits per heavy atom. The number of nitrogens with one attached hydrogen (secondary N) is 1. The van der Waals surface area contributed by atoms with Gasteiger partial charge in [0.05, 0.1) is 22.9 Å². The van der Waals surface area contributed by atoms with Crippen molar-refractivity contribution in [2.75, 3.05) is 4.72 Å². The van der Waals surface area contributed by atoms with Gasteiger partial charge in [-0.05, 0) is 49.1 Å². The lowest BCUT2D eigenvalue weighted by atomic mass is 9.85. The maximum absolute atomic E-state index is 13.2. The molecule has 0 bridgehead atoms. The summed E-state index contributed by atoms with van der Waals surface area (Å²) in [6.07, 6.45) is 4.19. The minimum Gasteiger partial charge on any atom is -0.506 e. The fraction of sp³-hybridized carbons (Fsp3) is 0.333. The third kappa shape index (κ3) is 4.95. The molecule has 9 nitrogen and oxygen atoms in total. The van der Waals surface area contributed by atoms with Crippen LogP contribution in [0.3, 0.4) is 0 Å². The normalized spacial score (nSPS) is 15.0. The number of carbonyl (C=O) groups excluding carboxylic acids is 1. The van der Waals surface area contributed by atoms with E-state index in [0.717, 1.165) is 31.0 Å². The molecule has 2 aromatic heterocycles. The first-order valence-corrected chi connectivity index (χ1v) is 14.8. The zero-order valence-electron chi connectivity index (χ0n) is 20.8. The first-order chi connectivity index (χ1) is 18.3. The molecule has 0 spiro atoms. The second-order valence-corrected chi connectivity index (χ2v) is 11.6. The van der Waals surface area contributed by atoms with Gasteiger partial charge in [-0.1, -0.05) is 38.0 Å². The number of nitrogens with zero attached hydrogens (tertiary/aromatic N) is 2. The first kappa shape index (κ1) is 26.1. The van der Waals surface area contributed by atoms with Crippen LogP contribution in [0.4, 0.5) is 5.69 Å². The standard InChI is InChI=1S/C27H27N3O6S2/c1-2-8-18(23-26(32)24-20(31)12-4-3-5-13-21(24)36-27(23)33)16-9-6-10-17(15-16)30-38(34,35)22-14-7-11-19-25(22)29-37-28-19/h6-7,9-11,14-15,18,30,32H,2-5,8,12-13H2,1H3. The SMILES string of the molecule is CCCC(c1cccc(NS(=O)(=O)c2cccc3nsnc23)c1)c1c(O)c2c(oc1=O)CCCCCC2=O. The van der Waals surface area contributed by atoms with Gasteiger partial charge in [-0.15, -0.1) is 0 Å². The quantitative estimate of drug-likeness (QED) is 0.311. The number of hydrogen-bond acceptors (Lipinski definition) is 9. The summed E-state index contributed by atoms with van der Waals surface area (Å²) in [6, 6.07) is 11.5. The highest BCUT2D eigenvalue weighted by Crippen LogP contribution is 2.38. The molecule has 0 amide bonds. The number of sulfonamides is 1. The number of anilines is 1. The van der Waals surface area contributed by atoms with Crippen molar-refractivity contribution in [3.63, 3.8) is 0 Å². The molecule has 2 heterocycles.